The van der Waals surface area contributed by atoms with E-state index in [1.165, 1.54) is 6.08 Å². The van der Waals surface area contributed by atoms with E-state index in [0.29, 0.717) is 6.61 Å². The second-order valence-electron chi connectivity index (χ2n) is 4.80. The highest BCUT2D eigenvalue weighted by molar-refractivity contribution is 5.87. The van der Waals surface area contributed by atoms with Gasteiger partial charge in [-0.25, -0.2) is 9.78 Å². The van der Waals surface area contributed by atoms with Gasteiger partial charge in [-0.15, -0.1) is 0 Å². The molecule has 0 bridgehead atoms. The lowest BCUT2D eigenvalue weighted by Gasteiger charge is -1.98. The molecule has 3 aromatic rings. The van der Waals surface area contributed by atoms with Crippen molar-refractivity contribution in [2.24, 2.45) is 0 Å². The third-order valence-electron chi connectivity index (χ3n) is 3.27. The zero-order valence-electron chi connectivity index (χ0n) is 12.3. The summed E-state index contributed by atoms with van der Waals surface area (Å²) >= 11 is 0. The maximum atomic E-state index is 11.3. The fraction of sp³-hybridized carbons (Fsp3) is 0.111. The number of imidazole rings is 1. The first-order chi connectivity index (χ1) is 10.8. The van der Waals surface area contributed by atoms with Crippen molar-refractivity contribution in [2.45, 2.75) is 6.92 Å². The van der Waals surface area contributed by atoms with Gasteiger partial charge in [0.25, 0.3) is 0 Å². The van der Waals surface area contributed by atoms with Crippen molar-refractivity contribution in [1.82, 2.24) is 9.38 Å². The number of pyridine rings is 1. The Kier molecular flexibility index (Phi) is 4.01. The Hall–Kier alpha value is -2.88. The number of benzene rings is 1. The van der Waals surface area contributed by atoms with E-state index in [-0.39, 0.29) is 5.97 Å². The molecule has 4 nitrogen and oxygen atoms in total. The minimum atomic E-state index is -0.327. The van der Waals surface area contributed by atoms with Crippen molar-refractivity contribution in [2.75, 3.05) is 6.61 Å². The fourth-order valence-electron chi connectivity index (χ4n) is 2.19. The molecule has 0 aliphatic carbocycles. The van der Waals surface area contributed by atoms with Crippen LogP contribution in [0, 0.1) is 0 Å². The Morgan fingerprint density at radius 1 is 1.23 bits per heavy atom. The van der Waals surface area contributed by atoms with Gasteiger partial charge in [-0.2, -0.15) is 0 Å². The smallest absolute Gasteiger partial charge is 0.330 e. The SMILES string of the molecule is CCOC(=O)/C=C/c1ccc(-c2cn3ccccc3n2)cc1. The van der Waals surface area contributed by atoms with Crippen molar-refractivity contribution >= 4 is 17.7 Å². The predicted octanol–water partition coefficient (Wildman–Crippen LogP) is 3.58. The molecule has 110 valence electrons. The number of hydrogen-bond donors (Lipinski definition) is 0. The number of ether oxygens (including phenoxy) is 1. The van der Waals surface area contributed by atoms with Crippen LogP contribution in [0.3, 0.4) is 0 Å². The molecule has 0 aliphatic rings. The summed E-state index contributed by atoms with van der Waals surface area (Å²) in [6.07, 6.45) is 7.15. The van der Waals surface area contributed by atoms with Crippen molar-refractivity contribution in [1.29, 1.82) is 0 Å². The molecule has 3 rings (SSSR count). The number of hydrogen-bond acceptors (Lipinski definition) is 3. The molecular weight excluding hydrogens is 276 g/mol. The van der Waals surface area contributed by atoms with Crippen molar-refractivity contribution in [3.63, 3.8) is 0 Å². The van der Waals surface area contributed by atoms with Crippen LogP contribution >= 0.6 is 0 Å². The van der Waals surface area contributed by atoms with Crippen LogP contribution in [0.15, 0.2) is 60.9 Å². The van der Waals surface area contributed by atoms with Gasteiger partial charge in [0.2, 0.25) is 0 Å². The maximum absolute atomic E-state index is 11.3. The van der Waals surface area contributed by atoms with Crippen molar-refractivity contribution in [3.8, 4) is 11.3 Å². The van der Waals surface area contributed by atoms with Gasteiger partial charge in [-0.05, 0) is 30.7 Å². The molecule has 0 amide bonds. The summed E-state index contributed by atoms with van der Waals surface area (Å²) in [6, 6.07) is 13.8. The molecule has 0 atom stereocenters. The third kappa shape index (κ3) is 3.06. The zero-order chi connectivity index (χ0) is 15.4. The van der Waals surface area contributed by atoms with Crippen LogP contribution < -0.4 is 0 Å². The van der Waals surface area contributed by atoms with E-state index < -0.39 is 0 Å². The average Bonchev–Trinajstić information content (AvgIpc) is 2.98. The number of esters is 1. The number of rotatable bonds is 4. The van der Waals surface area contributed by atoms with Gasteiger partial charge in [-0.1, -0.05) is 30.3 Å². The monoisotopic (exact) mass is 292 g/mol. The number of nitrogens with zero attached hydrogens (tertiary/aromatic N) is 2. The quantitative estimate of drug-likeness (QED) is 0.545. The lowest BCUT2D eigenvalue weighted by atomic mass is 10.1. The summed E-state index contributed by atoms with van der Waals surface area (Å²) in [4.78, 5) is 15.9. The summed E-state index contributed by atoms with van der Waals surface area (Å²) in [5, 5.41) is 0. The first-order valence-electron chi connectivity index (χ1n) is 7.15. The lowest BCUT2D eigenvalue weighted by molar-refractivity contribution is -0.137. The van der Waals surface area contributed by atoms with Crippen LogP contribution in [0.25, 0.3) is 23.0 Å². The molecule has 22 heavy (non-hydrogen) atoms. The largest absolute Gasteiger partial charge is 0.463 e. The van der Waals surface area contributed by atoms with E-state index in [2.05, 4.69) is 4.98 Å². The Morgan fingerprint density at radius 2 is 2.05 bits per heavy atom. The van der Waals surface area contributed by atoms with Gasteiger partial charge in [0, 0.05) is 24.0 Å². The first-order valence-corrected chi connectivity index (χ1v) is 7.15. The molecule has 0 spiro atoms. The fourth-order valence-corrected chi connectivity index (χ4v) is 2.19. The van der Waals surface area contributed by atoms with Gasteiger partial charge >= 0.3 is 5.97 Å². The Morgan fingerprint density at radius 3 is 2.77 bits per heavy atom. The first kappa shape index (κ1) is 14.1. The number of carbonyl (C=O) groups is 1. The summed E-state index contributed by atoms with van der Waals surface area (Å²) in [5.74, 6) is -0.327. The zero-order valence-corrected chi connectivity index (χ0v) is 12.3. The van der Waals surface area contributed by atoms with Crippen molar-refractivity contribution in [3.05, 3.63) is 66.5 Å². The van der Waals surface area contributed by atoms with Crippen molar-refractivity contribution < 1.29 is 9.53 Å². The van der Waals surface area contributed by atoms with Crippen LogP contribution in [0.2, 0.25) is 0 Å². The number of fused-ring (bicyclic) bond motifs is 1. The Balaban J connectivity index is 1.80. The number of carbonyl (C=O) groups excluding carboxylic acids is 1. The molecule has 4 heteroatoms. The molecule has 0 unspecified atom stereocenters. The molecule has 0 saturated carbocycles. The molecule has 0 aliphatic heterocycles. The molecular formula is C18H16N2O2. The second kappa shape index (κ2) is 6.26. The summed E-state index contributed by atoms with van der Waals surface area (Å²) in [5.41, 5.74) is 3.83. The summed E-state index contributed by atoms with van der Waals surface area (Å²) in [7, 11) is 0. The molecule has 0 N–H and O–H groups in total. The summed E-state index contributed by atoms with van der Waals surface area (Å²) in [6.45, 7) is 2.17. The highest BCUT2D eigenvalue weighted by atomic mass is 16.5. The van der Waals surface area contributed by atoms with Gasteiger partial charge in [0.15, 0.2) is 0 Å². The molecule has 2 heterocycles. The minimum Gasteiger partial charge on any atom is -0.463 e. The van der Waals surface area contributed by atoms with Gasteiger partial charge < -0.3 is 9.14 Å². The standard InChI is InChI=1S/C18H16N2O2/c1-2-22-18(21)11-8-14-6-9-15(10-7-14)16-13-20-12-4-3-5-17(20)19-16/h3-13H,2H2,1H3/b11-8+. The Labute approximate surface area is 128 Å². The molecule has 0 fully saturated rings. The van der Waals surface area contributed by atoms with E-state index in [4.69, 9.17) is 4.74 Å². The molecule has 0 radical (unpaired) electrons. The normalized spacial score (nSPS) is 11.1. The Bertz CT molecular complexity index is 783. The maximum Gasteiger partial charge on any atom is 0.330 e. The summed E-state index contributed by atoms with van der Waals surface area (Å²) < 4.78 is 6.84. The second-order valence-corrected chi connectivity index (χ2v) is 4.80. The van der Waals surface area contributed by atoms with Crippen LogP contribution in [-0.4, -0.2) is 22.0 Å². The number of aromatic nitrogens is 2. The van der Waals surface area contributed by atoms with Crippen LogP contribution in [0.1, 0.15) is 12.5 Å². The van der Waals surface area contributed by atoms with E-state index in [1.54, 1.807) is 13.0 Å². The topological polar surface area (TPSA) is 43.6 Å². The van der Waals surface area contributed by atoms with Crippen LogP contribution in [0.4, 0.5) is 0 Å². The van der Waals surface area contributed by atoms with Gasteiger partial charge in [0.05, 0.1) is 12.3 Å². The molecule has 2 aromatic heterocycles. The lowest BCUT2D eigenvalue weighted by Crippen LogP contribution is -1.98. The molecule has 1 aromatic carbocycles. The minimum absolute atomic E-state index is 0.327. The third-order valence-corrected chi connectivity index (χ3v) is 3.27. The van der Waals surface area contributed by atoms with Crippen LogP contribution in [0.5, 0.6) is 0 Å². The van der Waals surface area contributed by atoms with Gasteiger partial charge in [0.1, 0.15) is 5.65 Å². The van der Waals surface area contributed by atoms with Gasteiger partial charge in [-0.3, -0.25) is 0 Å². The molecule has 0 saturated heterocycles. The highest BCUT2D eigenvalue weighted by Gasteiger charge is 2.03. The van der Waals surface area contributed by atoms with E-state index in [1.807, 2.05) is 59.3 Å². The van der Waals surface area contributed by atoms with E-state index in [0.717, 1.165) is 22.5 Å². The van der Waals surface area contributed by atoms with E-state index in [9.17, 15) is 4.79 Å². The van der Waals surface area contributed by atoms with Crippen LogP contribution in [-0.2, 0) is 9.53 Å². The highest BCUT2D eigenvalue weighted by Crippen LogP contribution is 2.20. The predicted molar refractivity (Wildman–Crippen MR) is 86.3 cm³/mol. The van der Waals surface area contributed by atoms with E-state index >= 15 is 0 Å². The average molecular weight is 292 g/mol.